The van der Waals surface area contributed by atoms with E-state index in [4.69, 9.17) is 0 Å². The molecule has 2 heterocycles. The van der Waals surface area contributed by atoms with Gasteiger partial charge in [-0.1, -0.05) is 36.4 Å². The smallest absolute Gasteiger partial charge is 0.274 e. The van der Waals surface area contributed by atoms with Crippen molar-refractivity contribution >= 4 is 28.7 Å². The van der Waals surface area contributed by atoms with Gasteiger partial charge >= 0.3 is 0 Å². The standard InChI is InChI=1S/C22H17N3O2S/c1-15(26)16-7-5-8-17(13-16)23-22(27)20-14-19(21-11-6-12-28-21)24-25(20)18-9-3-2-4-10-18/h2-14H,1H3,(H,23,27). The zero-order valence-corrected chi connectivity index (χ0v) is 15.9. The summed E-state index contributed by atoms with van der Waals surface area (Å²) in [5.74, 6) is -0.342. The van der Waals surface area contributed by atoms with E-state index in [0.29, 0.717) is 16.9 Å². The van der Waals surface area contributed by atoms with Gasteiger partial charge in [0.25, 0.3) is 5.91 Å². The van der Waals surface area contributed by atoms with Crippen LogP contribution in [0.4, 0.5) is 5.69 Å². The largest absolute Gasteiger partial charge is 0.321 e. The highest BCUT2D eigenvalue weighted by atomic mass is 32.1. The van der Waals surface area contributed by atoms with Crippen LogP contribution in [0.25, 0.3) is 16.3 Å². The third kappa shape index (κ3) is 3.63. The van der Waals surface area contributed by atoms with E-state index in [1.807, 2.05) is 47.8 Å². The number of ketones is 1. The van der Waals surface area contributed by atoms with Crippen molar-refractivity contribution in [3.63, 3.8) is 0 Å². The van der Waals surface area contributed by atoms with Crippen LogP contribution >= 0.6 is 11.3 Å². The van der Waals surface area contributed by atoms with Crippen molar-refractivity contribution in [2.24, 2.45) is 0 Å². The molecule has 1 N–H and O–H groups in total. The minimum Gasteiger partial charge on any atom is -0.321 e. The third-order valence-corrected chi connectivity index (χ3v) is 5.14. The van der Waals surface area contributed by atoms with E-state index in [9.17, 15) is 9.59 Å². The number of anilines is 1. The second kappa shape index (κ2) is 7.62. The highest BCUT2D eigenvalue weighted by Gasteiger charge is 2.18. The van der Waals surface area contributed by atoms with E-state index in [0.717, 1.165) is 16.3 Å². The van der Waals surface area contributed by atoms with Crippen molar-refractivity contribution in [3.8, 4) is 16.3 Å². The fourth-order valence-electron chi connectivity index (χ4n) is 2.86. The van der Waals surface area contributed by atoms with Crippen LogP contribution in [0.5, 0.6) is 0 Å². The molecular weight excluding hydrogens is 370 g/mol. The molecule has 6 heteroatoms. The van der Waals surface area contributed by atoms with Gasteiger partial charge < -0.3 is 5.32 Å². The number of hydrogen-bond acceptors (Lipinski definition) is 4. The molecule has 0 saturated heterocycles. The Morgan fingerprint density at radius 1 is 0.964 bits per heavy atom. The summed E-state index contributed by atoms with van der Waals surface area (Å²) in [6.45, 7) is 1.50. The van der Waals surface area contributed by atoms with Crippen LogP contribution in [-0.2, 0) is 0 Å². The Morgan fingerprint density at radius 2 is 1.79 bits per heavy atom. The van der Waals surface area contributed by atoms with Gasteiger partial charge in [-0.3, -0.25) is 9.59 Å². The SMILES string of the molecule is CC(=O)c1cccc(NC(=O)c2cc(-c3cccs3)nn2-c2ccccc2)c1. The number of aromatic nitrogens is 2. The quantitative estimate of drug-likeness (QED) is 0.487. The number of rotatable bonds is 5. The van der Waals surface area contributed by atoms with Crippen LogP contribution in [0.3, 0.4) is 0 Å². The van der Waals surface area contributed by atoms with Crippen molar-refractivity contribution in [1.82, 2.24) is 9.78 Å². The van der Waals surface area contributed by atoms with Crippen molar-refractivity contribution in [3.05, 3.63) is 89.4 Å². The van der Waals surface area contributed by atoms with Crippen molar-refractivity contribution in [2.45, 2.75) is 6.92 Å². The van der Waals surface area contributed by atoms with Gasteiger partial charge in [0.1, 0.15) is 11.4 Å². The van der Waals surface area contributed by atoms with Gasteiger partial charge in [-0.2, -0.15) is 5.10 Å². The first-order valence-electron chi connectivity index (χ1n) is 8.73. The summed E-state index contributed by atoms with van der Waals surface area (Å²) in [6.07, 6.45) is 0. The lowest BCUT2D eigenvalue weighted by Crippen LogP contribution is -2.17. The highest BCUT2D eigenvalue weighted by Crippen LogP contribution is 2.26. The topological polar surface area (TPSA) is 64.0 Å². The van der Waals surface area contributed by atoms with Gasteiger partial charge in [-0.05, 0) is 48.7 Å². The maximum absolute atomic E-state index is 13.0. The molecule has 0 spiro atoms. The van der Waals surface area contributed by atoms with Crippen LogP contribution in [0.1, 0.15) is 27.8 Å². The summed E-state index contributed by atoms with van der Waals surface area (Å²) in [6, 6.07) is 22.1. The van der Waals surface area contributed by atoms with E-state index in [1.165, 1.54) is 6.92 Å². The number of amides is 1. The molecule has 0 radical (unpaired) electrons. The van der Waals surface area contributed by atoms with E-state index in [2.05, 4.69) is 10.4 Å². The first kappa shape index (κ1) is 17.9. The maximum atomic E-state index is 13.0. The van der Waals surface area contributed by atoms with Crippen LogP contribution in [0.15, 0.2) is 78.2 Å². The normalized spacial score (nSPS) is 10.6. The molecule has 0 unspecified atom stereocenters. The molecule has 2 aromatic heterocycles. The van der Waals surface area contributed by atoms with E-state index < -0.39 is 0 Å². The Hall–Kier alpha value is -3.51. The zero-order chi connectivity index (χ0) is 19.5. The molecule has 0 fully saturated rings. The van der Waals surface area contributed by atoms with E-state index in [1.54, 1.807) is 46.4 Å². The molecule has 0 atom stereocenters. The fourth-order valence-corrected chi connectivity index (χ4v) is 3.55. The average Bonchev–Trinajstić information content (AvgIpc) is 3.38. The monoisotopic (exact) mass is 387 g/mol. The molecule has 1 amide bonds. The van der Waals surface area contributed by atoms with Crippen LogP contribution in [-0.4, -0.2) is 21.5 Å². The van der Waals surface area contributed by atoms with Gasteiger partial charge in [0.2, 0.25) is 0 Å². The first-order chi connectivity index (χ1) is 13.6. The minimum absolute atomic E-state index is 0.0505. The van der Waals surface area contributed by atoms with Gasteiger partial charge in [-0.25, -0.2) is 4.68 Å². The van der Waals surface area contributed by atoms with E-state index in [-0.39, 0.29) is 11.7 Å². The van der Waals surface area contributed by atoms with Gasteiger partial charge in [0.15, 0.2) is 5.78 Å². The lowest BCUT2D eigenvalue weighted by Gasteiger charge is -2.09. The lowest BCUT2D eigenvalue weighted by atomic mass is 10.1. The molecule has 28 heavy (non-hydrogen) atoms. The summed E-state index contributed by atoms with van der Waals surface area (Å²) in [4.78, 5) is 25.6. The van der Waals surface area contributed by atoms with Crippen molar-refractivity contribution in [2.75, 3.05) is 5.32 Å². The Labute approximate surface area is 166 Å². The maximum Gasteiger partial charge on any atom is 0.274 e. The minimum atomic E-state index is -0.292. The molecular formula is C22H17N3O2S. The summed E-state index contributed by atoms with van der Waals surface area (Å²) in [7, 11) is 0. The second-order valence-corrected chi connectivity index (χ2v) is 7.18. The van der Waals surface area contributed by atoms with Crippen LogP contribution < -0.4 is 5.32 Å². The number of carbonyl (C=O) groups excluding carboxylic acids is 2. The molecule has 4 rings (SSSR count). The lowest BCUT2D eigenvalue weighted by molar-refractivity contribution is 0.100. The van der Waals surface area contributed by atoms with Crippen molar-refractivity contribution < 1.29 is 9.59 Å². The molecule has 5 nitrogen and oxygen atoms in total. The fraction of sp³-hybridized carbons (Fsp3) is 0.0455. The van der Waals surface area contributed by atoms with Gasteiger partial charge in [0, 0.05) is 11.3 Å². The summed E-state index contributed by atoms with van der Waals surface area (Å²) < 4.78 is 1.64. The first-order valence-corrected chi connectivity index (χ1v) is 9.61. The molecule has 0 saturated carbocycles. The number of thiophene rings is 1. The van der Waals surface area contributed by atoms with E-state index >= 15 is 0 Å². The third-order valence-electron chi connectivity index (χ3n) is 4.24. The molecule has 0 aliphatic heterocycles. The van der Waals surface area contributed by atoms with Gasteiger partial charge in [-0.15, -0.1) is 11.3 Å². The second-order valence-electron chi connectivity index (χ2n) is 6.23. The van der Waals surface area contributed by atoms with Crippen molar-refractivity contribution in [1.29, 1.82) is 0 Å². The summed E-state index contributed by atoms with van der Waals surface area (Å²) >= 11 is 1.57. The predicted octanol–water partition coefficient (Wildman–Crippen LogP) is 5.06. The average molecular weight is 387 g/mol. The number of nitrogens with one attached hydrogen (secondary N) is 1. The number of benzene rings is 2. The summed E-state index contributed by atoms with van der Waals surface area (Å²) in [5.41, 5.74) is 3.07. The molecule has 0 aliphatic rings. The zero-order valence-electron chi connectivity index (χ0n) is 15.1. The Bertz CT molecular complexity index is 1130. The molecule has 0 bridgehead atoms. The molecule has 0 aliphatic carbocycles. The Kier molecular flexibility index (Phi) is 4.87. The summed E-state index contributed by atoms with van der Waals surface area (Å²) in [5, 5.41) is 9.49. The number of hydrogen-bond donors (Lipinski definition) is 1. The number of carbonyl (C=O) groups is 2. The molecule has 138 valence electrons. The van der Waals surface area contributed by atoms with Gasteiger partial charge in [0.05, 0.1) is 10.6 Å². The van der Waals surface area contributed by atoms with Crippen LogP contribution in [0, 0.1) is 0 Å². The van der Waals surface area contributed by atoms with Crippen LogP contribution in [0.2, 0.25) is 0 Å². The highest BCUT2D eigenvalue weighted by molar-refractivity contribution is 7.13. The number of Topliss-reactive ketones (excluding diaryl/α,β-unsaturated/α-hetero) is 1. The Balaban J connectivity index is 1.72. The molecule has 2 aromatic carbocycles. The molecule has 4 aromatic rings. The number of para-hydroxylation sites is 1. The Morgan fingerprint density at radius 3 is 2.50 bits per heavy atom. The number of nitrogens with zero attached hydrogens (tertiary/aromatic N) is 2. The predicted molar refractivity (Wildman–Crippen MR) is 111 cm³/mol.